The Labute approximate surface area is 371 Å². The Morgan fingerprint density at radius 3 is 1.75 bits per heavy atom. The van der Waals surface area contributed by atoms with Crippen LogP contribution in [-0.4, -0.2) is 84.9 Å². The Bertz CT molecular complexity index is 2490. The first kappa shape index (κ1) is 44.8. The fourth-order valence-electron chi connectivity index (χ4n) is 8.08. The number of carbonyl (C=O) groups is 8. The van der Waals surface area contributed by atoms with Crippen molar-refractivity contribution in [1.29, 1.82) is 0 Å². The molecule has 0 fully saturated rings. The molecule has 63 heavy (non-hydrogen) atoms. The number of thiophene rings is 2. The van der Waals surface area contributed by atoms with Gasteiger partial charge >= 0.3 is 23.9 Å². The number of nitrogens with zero attached hydrogens (tertiary/aromatic N) is 1. The van der Waals surface area contributed by atoms with Crippen LogP contribution in [0.3, 0.4) is 0 Å². The molecular weight excluding hydrogens is 851 g/mol. The highest BCUT2D eigenvalue weighted by Gasteiger charge is 2.44. The van der Waals surface area contributed by atoms with Gasteiger partial charge in [0.05, 0.1) is 41.0 Å². The maximum Gasteiger partial charge on any atom is 0.341 e. The van der Waals surface area contributed by atoms with Crippen molar-refractivity contribution in [1.82, 2.24) is 4.90 Å². The Morgan fingerprint density at radius 1 is 0.683 bits per heavy atom. The summed E-state index contributed by atoms with van der Waals surface area (Å²) in [7, 11) is 0. The monoisotopic (exact) mass is 897 g/mol. The number of ether oxygens (including phenoxy) is 4. The van der Waals surface area contributed by atoms with Crippen molar-refractivity contribution in [3.63, 3.8) is 0 Å². The Balaban J connectivity index is 1.03. The van der Waals surface area contributed by atoms with Gasteiger partial charge in [-0.2, -0.15) is 0 Å². The predicted molar refractivity (Wildman–Crippen MR) is 232 cm³/mol. The molecule has 2 aromatic heterocycles. The number of hydrogen-bond donors (Lipinski definition) is 2. The van der Waals surface area contributed by atoms with E-state index in [1.807, 2.05) is 0 Å². The molecule has 0 bridgehead atoms. The van der Waals surface area contributed by atoms with Crippen LogP contribution in [0.5, 0.6) is 0 Å². The topological polar surface area (TPSA) is 201 Å². The summed E-state index contributed by atoms with van der Waals surface area (Å²) in [5.74, 6) is -5.41. The number of amides is 4. The van der Waals surface area contributed by atoms with Gasteiger partial charge in [-0.05, 0) is 99.1 Å². The molecule has 1 aliphatic heterocycles. The Morgan fingerprint density at radius 2 is 1.21 bits per heavy atom. The van der Waals surface area contributed by atoms with Gasteiger partial charge in [-0.1, -0.05) is 44.2 Å². The van der Waals surface area contributed by atoms with E-state index in [1.165, 1.54) is 34.8 Å². The van der Waals surface area contributed by atoms with Crippen LogP contribution in [0, 0.1) is 11.8 Å². The molecule has 0 saturated carbocycles. The van der Waals surface area contributed by atoms with Gasteiger partial charge in [0.1, 0.15) is 16.0 Å². The largest absolute Gasteiger partial charge is 0.462 e. The lowest BCUT2D eigenvalue weighted by molar-refractivity contribution is -0.151. The minimum Gasteiger partial charge on any atom is -0.462 e. The first-order valence-electron chi connectivity index (χ1n) is 20.9. The summed E-state index contributed by atoms with van der Waals surface area (Å²) >= 11 is 2.58. The number of rotatable bonds is 15. The predicted octanol–water partition coefficient (Wildman–Crippen LogP) is 6.60. The fourth-order valence-corrected chi connectivity index (χ4v) is 10.9. The van der Waals surface area contributed by atoms with E-state index in [9.17, 15) is 38.4 Å². The van der Waals surface area contributed by atoms with Crippen LogP contribution in [0.2, 0.25) is 0 Å². The van der Waals surface area contributed by atoms with Crippen LogP contribution < -0.4 is 10.6 Å². The van der Waals surface area contributed by atoms with Crippen LogP contribution in [0.1, 0.15) is 119 Å². The van der Waals surface area contributed by atoms with Gasteiger partial charge in [-0.3, -0.25) is 24.1 Å². The van der Waals surface area contributed by atoms with E-state index < -0.39 is 66.8 Å². The van der Waals surface area contributed by atoms with Gasteiger partial charge in [0.15, 0.2) is 13.2 Å². The van der Waals surface area contributed by atoms with E-state index >= 15 is 0 Å². The molecule has 17 heteroatoms. The van der Waals surface area contributed by atoms with Crippen molar-refractivity contribution < 1.29 is 57.3 Å². The number of nitrogens with one attached hydrogen (secondary N) is 2. The number of imide groups is 1. The van der Waals surface area contributed by atoms with Crippen LogP contribution in [0.4, 0.5) is 10.0 Å². The molecule has 0 saturated heterocycles. The van der Waals surface area contributed by atoms with E-state index in [1.54, 1.807) is 44.2 Å². The quantitative estimate of drug-likeness (QED) is 0.0738. The third kappa shape index (κ3) is 9.74. The van der Waals surface area contributed by atoms with Gasteiger partial charge in [-0.15, -0.1) is 22.7 Å². The molecule has 4 aromatic rings. The molecule has 7 rings (SSSR count). The third-order valence-corrected chi connectivity index (χ3v) is 13.5. The fraction of sp³-hybridized carbons (Fsp3) is 0.391. The molecule has 3 aliphatic rings. The highest BCUT2D eigenvalue weighted by atomic mass is 32.1. The van der Waals surface area contributed by atoms with Crippen LogP contribution in [-0.2, 0) is 65.4 Å². The average molecular weight is 898 g/mol. The minimum absolute atomic E-state index is 0.0807. The number of hydrogen-bond acceptors (Lipinski definition) is 14. The number of anilines is 2. The van der Waals surface area contributed by atoms with Crippen molar-refractivity contribution in [2.45, 2.75) is 78.7 Å². The molecule has 15 nitrogen and oxygen atoms in total. The average Bonchev–Trinajstić information content (AvgIpc) is 3.88. The summed E-state index contributed by atoms with van der Waals surface area (Å²) in [5, 5.41) is 6.01. The molecule has 330 valence electrons. The molecule has 2 aromatic carbocycles. The number of carbonyl (C=O) groups excluding carboxylic acids is 8. The Kier molecular flexibility index (Phi) is 13.9. The summed E-state index contributed by atoms with van der Waals surface area (Å²) < 4.78 is 21.3. The van der Waals surface area contributed by atoms with Crippen molar-refractivity contribution in [2.24, 2.45) is 11.8 Å². The van der Waals surface area contributed by atoms with E-state index in [0.29, 0.717) is 51.4 Å². The molecular formula is C46H47N3O12S2. The number of benzene rings is 2. The third-order valence-electron chi connectivity index (χ3n) is 11.2. The van der Waals surface area contributed by atoms with Crippen molar-refractivity contribution in [3.05, 3.63) is 103 Å². The lowest BCUT2D eigenvalue weighted by atomic mass is 9.88. The second-order valence-electron chi connectivity index (χ2n) is 15.8. The van der Waals surface area contributed by atoms with Crippen molar-refractivity contribution in [3.8, 4) is 0 Å². The van der Waals surface area contributed by atoms with E-state index in [4.69, 9.17) is 18.9 Å². The van der Waals surface area contributed by atoms with E-state index in [0.717, 1.165) is 57.5 Å². The summed E-state index contributed by atoms with van der Waals surface area (Å²) in [5.41, 5.74) is 2.49. The van der Waals surface area contributed by atoms with Crippen LogP contribution >= 0.6 is 22.7 Å². The molecule has 0 radical (unpaired) electrons. The van der Waals surface area contributed by atoms with E-state index in [2.05, 4.69) is 24.5 Å². The lowest BCUT2D eigenvalue weighted by Gasteiger charge is -2.24. The second-order valence-corrected chi connectivity index (χ2v) is 18.0. The maximum atomic E-state index is 14.0. The number of fused-ring (bicyclic) bond motifs is 3. The molecule has 0 unspecified atom stereocenters. The van der Waals surface area contributed by atoms with Gasteiger partial charge in [0, 0.05) is 16.2 Å². The maximum absolute atomic E-state index is 14.0. The first-order valence-corrected chi connectivity index (χ1v) is 22.5. The summed E-state index contributed by atoms with van der Waals surface area (Å²) in [6.45, 7) is 6.43. The highest BCUT2D eigenvalue weighted by Crippen LogP contribution is 2.41. The Hall–Kier alpha value is -6.20. The van der Waals surface area contributed by atoms with Gasteiger partial charge < -0.3 is 29.6 Å². The molecule has 4 amide bonds. The summed E-state index contributed by atoms with van der Waals surface area (Å²) in [4.78, 5) is 110. The molecule has 2 aliphatic carbocycles. The second kappa shape index (κ2) is 19.5. The number of esters is 4. The molecule has 0 spiro atoms. The normalized spacial score (nSPS) is 16.9. The van der Waals surface area contributed by atoms with Crippen LogP contribution in [0.25, 0.3) is 0 Å². The van der Waals surface area contributed by atoms with E-state index in [-0.39, 0.29) is 36.3 Å². The van der Waals surface area contributed by atoms with Gasteiger partial charge in [0.2, 0.25) is 0 Å². The summed E-state index contributed by atoms with van der Waals surface area (Å²) in [6.07, 6.45) is 4.46. The molecule has 3 atom stereocenters. The zero-order valence-electron chi connectivity index (χ0n) is 35.3. The SMILES string of the molecule is CCOC(=O)c1c(NC(=O)COC(=O)c2ccc3c(c2)C(=O)N([C@H](Cc2ccccc2)C(=O)OCC(=O)Nc2sc4c(c2C(=O)OCC)CC[C@H](C)C4)C3=O)sc2c1CC[C@H](C)C2. The standard InChI is InChI=1S/C46H47N3O12S2/c1-5-58-45(56)37-29-15-12-24(3)18-33(29)62-39(37)47-35(50)22-60-43(54)27-14-17-28-31(21-27)42(53)49(41(28)52)32(20-26-10-8-7-9-11-26)44(55)61-23-36(51)48-40-38(46(57)59-6-2)30-16-13-25(4)19-34(30)63-40/h7-11,14,17,21,24-25,32H,5-6,12-13,15-16,18-20,22-23H2,1-4H3,(H,47,50)(H,48,51)/t24-,25-,32+/m0/s1. The summed E-state index contributed by atoms with van der Waals surface area (Å²) in [6, 6.07) is 10.8. The van der Waals surface area contributed by atoms with Crippen molar-refractivity contribution >= 4 is 80.2 Å². The van der Waals surface area contributed by atoms with Gasteiger partial charge in [-0.25, -0.2) is 19.2 Å². The zero-order valence-corrected chi connectivity index (χ0v) is 36.9. The highest BCUT2D eigenvalue weighted by molar-refractivity contribution is 7.17. The smallest absolute Gasteiger partial charge is 0.341 e. The molecule has 3 heterocycles. The van der Waals surface area contributed by atoms with Gasteiger partial charge in [0.25, 0.3) is 23.6 Å². The molecule has 2 N–H and O–H groups in total. The van der Waals surface area contributed by atoms with Crippen LogP contribution in [0.15, 0.2) is 48.5 Å². The minimum atomic E-state index is -1.51. The first-order chi connectivity index (χ1) is 30.3. The van der Waals surface area contributed by atoms with Crippen molar-refractivity contribution in [2.75, 3.05) is 37.1 Å². The zero-order chi connectivity index (χ0) is 44.9. The lowest BCUT2D eigenvalue weighted by Crippen LogP contribution is -2.47.